The Balaban J connectivity index is 1.42. The number of aromatic amines is 1. The van der Waals surface area contributed by atoms with Crippen molar-refractivity contribution in [2.24, 2.45) is 13.0 Å². The van der Waals surface area contributed by atoms with Crippen molar-refractivity contribution in [3.05, 3.63) is 51.2 Å². The Morgan fingerprint density at radius 2 is 1.94 bits per heavy atom. The second kappa shape index (κ2) is 9.43. The summed E-state index contributed by atoms with van der Waals surface area (Å²) in [5, 5.41) is 12.8. The number of fused-ring (bicyclic) bond motifs is 1. The highest BCUT2D eigenvalue weighted by Gasteiger charge is 2.24. The van der Waals surface area contributed by atoms with E-state index in [1.54, 1.807) is 23.5 Å². The SMILES string of the molecule is CC(CSc1nnnn1-c1ccccc1)Cn1c(N2CCOCC2)nc2c1c(=O)[nH]c(=O)n2C. The molecule has 1 fully saturated rings. The Morgan fingerprint density at radius 1 is 1.18 bits per heavy atom. The zero-order valence-electron chi connectivity index (χ0n) is 18.9. The van der Waals surface area contributed by atoms with E-state index < -0.39 is 11.2 Å². The summed E-state index contributed by atoms with van der Waals surface area (Å²) in [5.41, 5.74) is 0.757. The zero-order chi connectivity index (χ0) is 23.7. The standard InChI is InChI=1S/C21H25N9O3S/c1-14(13-34-21-24-25-26-30(21)15-6-4-3-5-7-15)12-29-16-17(27(2)20(32)23-18(16)31)22-19(29)28-8-10-33-11-9-28/h3-7,14H,8-13H2,1-2H3,(H,23,31,32). The number of H-pyrrole nitrogens is 1. The molecule has 12 nitrogen and oxygen atoms in total. The predicted octanol–water partition coefficient (Wildman–Crippen LogP) is 0.664. The second-order valence-electron chi connectivity index (χ2n) is 8.24. The smallest absolute Gasteiger partial charge is 0.329 e. The van der Waals surface area contributed by atoms with E-state index in [9.17, 15) is 9.59 Å². The first-order valence-electron chi connectivity index (χ1n) is 11.0. The Hall–Kier alpha value is -3.45. The fourth-order valence-corrected chi connectivity index (χ4v) is 4.88. The monoisotopic (exact) mass is 483 g/mol. The van der Waals surface area contributed by atoms with Gasteiger partial charge in [-0.15, -0.1) is 5.10 Å². The lowest BCUT2D eigenvalue weighted by molar-refractivity contribution is 0.121. The third-order valence-electron chi connectivity index (χ3n) is 5.71. The number of benzene rings is 1. The van der Waals surface area contributed by atoms with Gasteiger partial charge in [-0.05, 0) is 28.5 Å². The average Bonchev–Trinajstić information content (AvgIpc) is 3.48. The minimum Gasteiger partial charge on any atom is -0.378 e. The Kier molecular flexibility index (Phi) is 6.20. The van der Waals surface area contributed by atoms with Crippen molar-refractivity contribution in [3.8, 4) is 5.69 Å². The molecule has 13 heteroatoms. The van der Waals surface area contributed by atoms with Crippen LogP contribution >= 0.6 is 11.8 Å². The van der Waals surface area contributed by atoms with Gasteiger partial charge in [0.25, 0.3) is 5.56 Å². The molecule has 0 amide bonds. The van der Waals surface area contributed by atoms with Crippen LogP contribution in [0.2, 0.25) is 0 Å². The maximum atomic E-state index is 12.8. The van der Waals surface area contributed by atoms with Gasteiger partial charge in [0.2, 0.25) is 11.1 Å². The van der Waals surface area contributed by atoms with E-state index >= 15 is 0 Å². The molecule has 4 aromatic rings. The Bertz CT molecular complexity index is 1400. The number of imidazole rings is 1. The van der Waals surface area contributed by atoms with E-state index in [0.29, 0.717) is 55.1 Å². The van der Waals surface area contributed by atoms with Gasteiger partial charge in [-0.1, -0.05) is 36.9 Å². The number of thioether (sulfide) groups is 1. The highest BCUT2D eigenvalue weighted by atomic mass is 32.2. The first kappa shape index (κ1) is 22.3. The predicted molar refractivity (Wildman–Crippen MR) is 128 cm³/mol. The first-order valence-corrected chi connectivity index (χ1v) is 12.0. The number of ether oxygens (including phenoxy) is 1. The molecule has 0 aliphatic carbocycles. The van der Waals surface area contributed by atoms with E-state index in [2.05, 4.69) is 32.3 Å². The quantitative estimate of drug-likeness (QED) is 0.377. The van der Waals surface area contributed by atoms with Crippen LogP contribution in [0, 0.1) is 5.92 Å². The summed E-state index contributed by atoms with van der Waals surface area (Å²) in [6, 6.07) is 9.73. The molecule has 0 spiro atoms. The number of aromatic nitrogens is 8. The number of aryl methyl sites for hydroxylation is 1. The summed E-state index contributed by atoms with van der Waals surface area (Å²) in [6.07, 6.45) is 0. The fraction of sp³-hybridized carbons (Fsp3) is 0.429. The number of morpholine rings is 1. The van der Waals surface area contributed by atoms with Crippen LogP contribution < -0.4 is 16.1 Å². The maximum absolute atomic E-state index is 12.8. The molecule has 34 heavy (non-hydrogen) atoms. The van der Waals surface area contributed by atoms with Crippen molar-refractivity contribution < 1.29 is 4.74 Å². The van der Waals surface area contributed by atoms with Gasteiger partial charge in [0.1, 0.15) is 0 Å². The van der Waals surface area contributed by atoms with Crippen LogP contribution in [0.15, 0.2) is 45.1 Å². The molecule has 1 aliphatic heterocycles. The molecule has 0 radical (unpaired) electrons. The normalized spacial score (nSPS) is 15.2. The largest absolute Gasteiger partial charge is 0.378 e. The van der Waals surface area contributed by atoms with Gasteiger partial charge in [-0.25, -0.2) is 4.79 Å². The highest BCUT2D eigenvalue weighted by molar-refractivity contribution is 7.99. The lowest BCUT2D eigenvalue weighted by Gasteiger charge is -2.28. The topological polar surface area (TPSA) is 129 Å². The van der Waals surface area contributed by atoms with E-state index in [1.165, 1.54) is 4.57 Å². The summed E-state index contributed by atoms with van der Waals surface area (Å²) in [4.78, 5) is 34.2. The molecule has 0 bridgehead atoms. The van der Waals surface area contributed by atoms with Gasteiger partial charge in [0.15, 0.2) is 11.2 Å². The molecular formula is C21H25N9O3S. The molecule has 3 aromatic heterocycles. The number of nitrogens with zero attached hydrogens (tertiary/aromatic N) is 8. The van der Waals surface area contributed by atoms with Crippen molar-refractivity contribution in [3.63, 3.8) is 0 Å². The molecule has 1 N–H and O–H groups in total. The third kappa shape index (κ3) is 4.23. The summed E-state index contributed by atoms with van der Waals surface area (Å²) < 4.78 is 10.5. The Morgan fingerprint density at radius 3 is 2.71 bits per heavy atom. The molecule has 178 valence electrons. The molecule has 1 aromatic carbocycles. The molecule has 5 rings (SSSR count). The molecule has 1 aliphatic rings. The number of rotatable bonds is 7. The number of tetrazole rings is 1. The van der Waals surface area contributed by atoms with Crippen LogP contribution in [0.5, 0.6) is 0 Å². The van der Waals surface area contributed by atoms with Crippen LogP contribution in [0.4, 0.5) is 5.95 Å². The summed E-state index contributed by atoms with van der Waals surface area (Å²) in [6.45, 7) is 5.17. The summed E-state index contributed by atoms with van der Waals surface area (Å²) in [5.74, 6) is 1.55. The fourth-order valence-electron chi connectivity index (χ4n) is 3.98. The van der Waals surface area contributed by atoms with Crippen LogP contribution in [0.1, 0.15) is 6.92 Å². The van der Waals surface area contributed by atoms with Gasteiger partial charge in [-0.3, -0.25) is 14.3 Å². The minimum atomic E-state index is -0.480. The van der Waals surface area contributed by atoms with Crippen LogP contribution in [-0.2, 0) is 18.3 Å². The van der Waals surface area contributed by atoms with Crippen molar-refractivity contribution >= 4 is 28.9 Å². The van der Waals surface area contributed by atoms with Gasteiger partial charge in [-0.2, -0.15) is 9.67 Å². The molecule has 1 unspecified atom stereocenters. The van der Waals surface area contributed by atoms with Crippen LogP contribution in [0.25, 0.3) is 16.9 Å². The van der Waals surface area contributed by atoms with Crippen molar-refractivity contribution in [1.29, 1.82) is 0 Å². The van der Waals surface area contributed by atoms with E-state index in [4.69, 9.17) is 9.72 Å². The molecule has 0 saturated carbocycles. The van der Waals surface area contributed by atoms with Gasteiger partial charge < -0.3 is 14.2 Å². The number of hydrogen-bond donors (Lipinski definition) is 1. The first-order chi connectivity index (χ1) is 16.5. The highest BCUT2D eigenvalue weighted by Crippen LogP contribution is 2.25. The van der Waals surface area contributed by atoms with Crippen LogP contribution in [-0.4, -0.2) is 71.4 Å². The van der Waals surface area contributed by atoms with Crippen molar-refractivity contribution in [1.82, 2.24) is 39.3 Å². The van der Waals surface area contributed by atoms with Crippen molar-refractivity contribution in [2.45, 2.75) is 18.6 Å². The van der Waals surface area contributed by atoms with Gasteiger partial charge in [0.05, 0.1) is 18.9 Å². The second-order valence-corrected chi connectivity index (χ2v) is 9.22. The number of hydrogen-bond acceptors (Lipinski definition) is 9. The van der Waals surface area contributed by atoms with E-state index in [0.717, 1.165) is 11.4 Å². The Labute approximate surface area is 198 Å². The van der Waals surface area contributed by atoms with E-state index in [1.807, 2.05) is 34.9 Å². The molecular weight excluding hydrogens is 458 g/mol. The van der Waals surface area contributed by atoms with E-state index in [-0.39, 0.29) is 5.92 Å². The van der Waals surface area contributed by atoms with Gasteiger partial charge >= 0.3 is 5.69 Å². The number of nitrogens with one attached hydrogen (secondary N) is 1. The number of para-hydroxylation sites is 1. The lowest BCUT2D eigenvalue weighted by atomic mass is 10.2. The number of anilines is 1. The molecule has 1 saturated heterocycles. The summed E-state index contributed by atoms with van der Waals surface area (Å²) >= 11 is 1.55. The molecule has 4 heterocycles. The molecule has 1 atom stereocenters. The van der Waals surface area contributed by atoms with Crippen LogP contribution in [0.3, 0.4) is 0 Å². The average molecular weight is 484 g/mol. The maximum Gasteiger partial charge on any atom is 0.329 e. The minimum absolute atomic E-state index is 0.153. The third-order valence-corrected chi connectivity index (χ3v) is 6.96. The van der Waals surface area contributed by atoms with Crippen molar-refractivity contribution in [2.75, 3.05) is 37.0 Å². The lowest BCUT2D eigenvalue weighted by Crippen LogP contribution is -2.38. The van der Waals surface area contributed by atoms with Gasteiger partial charge in [0, 0.05) is 32.4 Å². The zero-order valence-corrected chi connectivity index (χ0v) is 19.7. The summed E-state index contributed by atoms with van der Waals surface area (Å²) in [7, 11) is 1.61.